The first-order chi connectivity index (χ1) is 8.53. The van der Waals surface area contributed by atoms with Crippen LogP contribution in [0.4, 0.5) is 0 Å². The fourth-order valence-corrected chi connectivity index (χ4v) is 1.70. The Morgan fingerprint density at radius 3 is 2.72 bits per heavy atom. The molecule has 1 aromatic heterocycles. The lowest BCUT2D eigenvalue weighted by molar-refractivity contribution is 0.123. The molecule has 0 unspecified atom stereocenters. The molecule has 0 aliphatic heterocycles. The Labute approximate surface area is 112 Å². The maximum absolute atomic E-state index is 5.61. The predicted molar refractivity (Wildman–Crippen MR) is 76.8 cm³/mol. The minimum Gasteiger partial charge on any atom is -0.380 e. The Hall–Kier alpha value is -0.800. The normalized spacial score (nSPS) is 12.0. The lowest BCUT2D eigenvalue weighted by atomic mass is 10.1. The van der Waals surface area contributed by atoms with E-state index in [1.165, 1.54) is 12.1 Å². The average molecular weight is 252 g/mol. The number of ether oxygens (including phenoxy) is 1. The van der Waals surface area contributed by atoms with Gasteiger partial charge in [-0.05, 0) is 39.3 Å². The molecule has 3 heteroatoms. The quantitative estimate of drug-likeness (QED) is 0.719. The zero-order valence-electron chi connectivity index (χ0n) is 12.3. The van der Waals surface area contributed by atoms with E-state index < -0.39 is 0 Å². The number of hydrogen-bond acceptors (Lipinski definition) is 2. The lowest BCUT2D eigenvalue weighted by Crippen LogP contribution is -2.35. The summed E-state index contributed by atoms with van der Waals surface area (Å²) >= 11 is 0. The third kappa shape index (κ3) is 6.22. The summed E-state index contributed by atoms with van der Waals surface area (Å²) in [5, 5.41) is 3.51. The van der Waals surface area contributed by atoms with Gasteiger partial charge in [-0.25, -0.2) is 0 Å². The number of hydrogen-bond donors (Lipinski definition) is 1. The molecule has 0 spiro atoms. The Kier molecular flexibility index (Phi) is 6.44. The van der Waals surface area contributed by atoms with Crippen LogP contribution in [0.1, 0.15) is 46.2 Å². The summed E-state index contributed by atoms with van der Waals surface area (Å²) in [6, 6.07) is 4.27. The van der Waals surface area contributed by atoms with Gasteiger partial charge >= 0.3 is 0 Å². The summed E-state index contributed by atoms with van der Waals surface area (Å²) < 4.78 is 7.88. The first-order valence-electron chi connectivity index (χ1n) is 6.99. The first-order valence-corrected chi connectivity index (χ1v) is 6.99. The molecule has 0 aliphatic carbocycles. The number of rotatable bonds is 8. The number of aromatic nitrogens is 1. The molecule has 0 bridgehead atoms. The molecule has 0 aromatic carbocycles. The van der Waals surface area contributed by atoms with Crippen LogP contribution in [0.3, 0.4) is 0 Å². The van der Waals surface area contributed by atoms with Crippen LogP contribution in [0.2, 0.25) is 0 Å². The van der Waals surface area contributed by atoms with Gasteiger partial charge in [0.25, 0.3) is 0 Å². The van der Waals surface area contributed by atoms with Crippen LogP contribution < -0.4 is 5.32 Å². The highest BCUT2D eigenvalue weighted by molar-refractivity contribution is 5.07. The second-order valence-corrected chi connectivity index (χ2v) is 5.76. The summed E-state index contributed by atoms with van der Waals surface area (Å²) in [7, 11) is 0. The van der Waals surface area contributed by atoms with Crippen molar-refractivity contribution in [2.75, 3.05) is 13.2 Å². The zero-order valence-corrected chi connectivity index (χ0v) is 12.3. The molecular formula is C15H28N2O. The number of nitrogens with zero attached hydrogens (tertiary/aromatic N) is 1. The molecule has 0 radical (unpaired) electrons. The van der Waals surface area contributed by atoms with E-state index in [0.29, 0.717) is 0 Å². The minimum absolute atomic E-state index is 0.159. The van der Waals surface area contributed by atoms with Gasteiger partial charge in [-0.1, -0.05) is 13.3 Å². The molecular weight excluding hydrogens is 224 g/mol. The van der Waals surface area contributed by atoms with E-state index in [4.69, 9.17) is 4.74 Å². The largest absolute Gasteiger partial charge is 0.380 e. The van der Waals surface area contributed by atoms with Crippen molar-refractivity contribution >= 4 is 0 Å². The number of nitrogens with one attached hydrogen (secondary N) is 1. The third-order valence-electron chi connectivity index (χ3n) is 2.84. The van der Waals surface area contributed by atoms with E-state index in [0.717, 1.165) is 32.7 Å². The minimum atomic E-state index is 0.159. The van der Waals surface area contributed by atoms with Gasteiger partial charge in [-0.3, -0.25) is 0 Å². The van der Waals surface area contributed by atoms with Gasteiger partial charge in [0.2, 0.25) is 0 Å². The van der Waals surface area contributed by atoms with E-state index in [2.05, 4.69) is 55.9 Å². The van der Waals surface area contributed by atoms with Gasteiger partial charge in [0.1, 0.15) is 0 Å². The van der Waals surface area contributed by atoms with Gasteiger partial charge in [0.15, 0.2) is 0 Å². The molecule has 104 valence electrons. The molecule has 1 aromatic rings. The average Bonchev–Trinajstić information content (AvgIpc) is 2.73. The van der Waals surface area contributed by atoms with Crippen LogP contribution in [0, 0.1) is 0 Å². The van der Waals surface area contributed by atoms with Crippen molar-refractivity contribution in [2.24, 2.45) is 0 Å². The summed E-state index contributed by atoms with van der Waals surface area (Å²) in [6.45, 7) is 12.3. The van der Waals surface area contributed by atoms with E-state index in [9.17, 15) is 0 Å². The van der Waals surface area contributed by atoms with E-state index >= 15 is 0 Å². The smallest absolute Gasteiger partial charge is 0.0645 e. The van der Waals surface area contributed by atoms with Crippen molar-refractivity contribution in [1.82, 2.24) is 9.88 Å². The van der Waals surface area contributed by atoms with Gasteiger partial charge in [-0.15, -0.1) is 0 Å². The van der Waals surface area contributed by atoms with Gasteiger partial charge in [0.05, 0.1) is 6.61 Å². The summed E-state index contributed by atoms with van der Waals surface area (Å²) in [6.07, 6.45) is 4.48. The van der Waals surface area contributed by atoms with Crippen LogP contribution in [0.5, 0.6) is 0 Å². The highest BCUT2D eigenvalue weighted by Gasteiger charge is 2.09. The van der Waals surface area contributed by atoms with E-state index in [1.54, 1.807) is 0 Å². The Morgan fingerprint density at radius 1 is 1.28 bits per heavy atom. The highest BCUT2D eigenvalue weighted by atomic mass is 16.5. The molecule has 0 saturated heterocycles. The SMILES string of the molecule is CCCCOCCn1cccc1CNC(C)(C)C. The van der Waals surface area contributed by atoms with Gasteiger partial charge < -0.3 is 14.6 Å². The van der Waals surface area contributed by atoms with Crippen molar-refractivity contribution in [2.45, 2.75) is 59.2 Å². The molecule has 1 heterocycles. The molecule has 18 heavy (non-hydrogen) atoms. The molecule has 1 rings (SSSR count). The van der Waals surface area contributed by atoms with Gasteiger partial charge in [0, 0.05) is 37.1 Å². The zero-order chi connectivity index (χ0) is 13.4. The second-order valence-electron chi connectivity index (χ2n) is 5.76. The standard InChI is InChI=1S/C15H28N2O/c1-5-6-11-18-12-10-17-9-7-8-14(17)13-16-15(2,3)4/h7-9,16H,5-6,10-13H2,1-4H3. The molecule has 0 atom stereocenters. The number of unbranched alkanes of at least 4 members (excludes halogenated alkanes) is 1. The van der Waals surface area contributed by atoms with E-state index in [-0.39, 0.29) is 5.54 Å². The van der Waals surface area contributed by atoms with E-state index in [1.807, 2.05) is 0 Å². The molecule has 0 amide bonds. The summed E-state index contributed by atoms with van der Waals surface area (Å²) in [4.78, 5) is 0. The topological polar surface area (TPSA) is 26.2 Å². The Balaban J connectivity index is 2.31. The second kappa shape index (κ2) is 7.59. The summed E-state index contributed by atoms with van der Waals surface area (Å²) in [5.41, 5.74) is 1.48. The predicted octanol–water partition coefficient (Wildman–Crippen LogP) is 3.19. The Morgan fingerprint density at radius 2 is 2.06 bits per heavy atom. The van der Waals surface area contributed by atoms with Crippen LogP contribution in [0.15, 0.2) is 18.3 Å². The van der Waals surface area contributed by atoms with Crippen molar-refractivity contribution < 1.29 is 4.74 Å². The fourth-order valence-electron chi connectivity index (χ4n) is 1.70. The van der Waals surface area contributed by atoms with Crippen molar-refractivity contribution in [3.8, 4) is 0 Å². The molecule has 1 N–H and O–H groups in total. The van der Waals surface area contributed by atoms with Crippen molar-refractivity contribution in [3.63, 3.8) is 0 Å². The first kappa shape index (κ1) is 15.3. The molecule has 0 fully saturated rings. The highest BCUT2D eigenvalue weighted by Crippen LogP contribution is 2.06. The van der Waals surface area contributed by atoms with Crippen LogP contribution >= 0.6 is 0 Å². The molecule has 0 aliphatic rings. The summed E-state index contributed by atoms with van der Waals surface area (Å²) in [5.74, 6) is 0. The lowest BCUT2D eigenvalue weighted by Gasteiger charge is -2.21. The Bertz CT molecular complexity index is 325. The maximum Gasteiger partial charge on any atom is 0.0645 e. The monoisotopic (exact) mass is 252 g/mol. The van der Waals surface area contributed by atoms with Crippen LogP contribution in [-0.4, -0.2) is 23.3 Å². The van der Waals surface area contributed by atoms with Gasteiger partial charge in [-0.2, -0.15) is 0 Å². The fraction of sp³-hybridized carbons (Fsp3) is 0.733. The van der Waals surface area contributed by atoms with Crippen LogP contribution in [-0.2, 0) is 17.8 Å². The van der Waals surface area contributed by atoms with Crippen molar-refractivity contribution in [3.05, 3.63) is 24.0 Å². The van der Waals surface area contributed by atoms with Crippen LogP contribution in [0.25, 0.3) is 0 Å². The molecule has 0 saturated carbocycles. The maximum atomic E-state index is 5.61. The molecule has 3 nitrogen and oxygen atoms in total. The van der Waals surface area contributed by atoms with Crippen molar-refractivity contribution in [1.29, 1.82) is 0 Å². The third-order valence-corrected chi connectivity index (χ3v) is 2.84.